The zero-order valence-electron chi connectivity index (χ0n) is 21.8. The van der Waals surface area contributed by atoms with Crippen LogP contribution in [0.15, 0.2) is 34.9 Å². The molecule has 2 saturated carbocycles. The van der Waals surface area contributed by atoms with Crippen molar-refractivity contribution < 1.29 is 10.2 Å². The third-order valence-corrected chi connectivity index (χ3v) is 11.3. The zero-order valence-corrected chi connectivity index (χ0v) is 21.8. The van der Waals surface area contributed by atoms with Gasteiger partial charge in [0.15, 0.2) is 0 Å². The molecule has 2 fully saturated rings. The van der Waals surface area contributed by atoms with Gasteiger partial charge in [0, 0.05) is 0 Å². The summed E-state index contributed by atoms with van der Waals surface area (Å²) in [7, 11) is 0. The summed E-state index contributed by atoms with van der Waals surface area (Å²) in [4.78, 5) is 0. The molecule has 180 valence electrons. The molecule has 0 amide bonds. The van der Waals surface area contributed by atoms with Crippen molar-refractivity contribution in [3.8, 4) is 0 Å². The first kappa shape index (κ1) is 24.3. The molecule has 2 heteroatoms. The second-order valence-corrected chi connectivity index (χ2v) is 13.2. The Bertz CT molecular complexity index is 832. The summed E-state index contributed by atoms with van der Waals surface area (Å²) in [6.45, 7) is 17.0. The Morgan fingerprint density at radius 2 is 1.81 bits per heavy atom. The average Bonchev–Trinajstić information content (AvgIpc) is 3.02. The highest BCUT2D eigenvalue weighted by atomic mass is 16.3. The Morgan fingerprint density at radius 1 is 1.09 bits per heavy atom. The smallest absolute Gasteiger partial charge is 0.0639 e. The van der Waals surface area contributed by atoms with Crippen LogP contribution in [0.5, 0.6) is 0 Å². The molecule has 0 aromatic rings. The Hall–Kier alpha value is -0.860. The summed E-state index contributed by atoms with van der Waals surface area (Å²) in [6, 6.07) is 0. The summed E-state index contributed by atoms with van der Waals surface area (Å²) in [6.07, 6.45) is 16.6. The minimum atomic E-state index is -0.180. The number of allylic oxidation sites excluding steroid dienone is 5. The van der Waals surface area contributed by atoms with Crippen molar-refractivity contribution in [3.63, 3.8) is 0 Å². The summed E-state index contributed by atoms with van der Waals surface area (Å²) in [5.74, 6) is 1.99. The van der Waals surface area contributed by atoms with Crippen molar-refractivity contribution in [2.45, 2.75) is 106 Å². The lowest BCUT2D eigenvalue weighted by atomic mass is 9.44. The van der Waals surface area contributed by atoms with Gasteiger partial charge < -0.3 is 10.2 Å². The van der Waals surface area contributed by atoms with E-state index in [1.54, 1.807) is 11.1 Å². The lowest BCUT2D eigenvalue weighted by molar-refractivity contribution is -0.0851. The van der Waals surface area contributed by atoms with Crippen molar-refractivity contribution >= 4 is 0 Å². The van der Waals surface area contributed by atoms with Gasteiger partial charge in [0.2, 0.25) is 0 Å². The van der Waals surface area contributed by atoms with E-state index in [2.05, 4.69) is 59.8 Å². The fraction of sp³-hybridized carbons (Fsp3) is 0.800. The van der Waals surface area contributed by atoms with Crippen molar-refractivity contribution in [3.05, 3.63) is 34.9 Å². The first-order valence-corrected chi connectivity index (χ1v) is 13.3. The third kappa shape index (κ3) is 3.34. The van der Waals surface area contributed by atoms with E-state index >= 15 is 0 Å². The van der Waals surface area contributed by atoms with Crippen LogP contribution in [-0.4, -0.2) is 22.9 Å². The summed E-state index contributed by atoms with van der Waals surface area (Å²) < 4.78 is 0. The number of fused-ring (bicyclic) bond motifs is 5. The van der Waals surface area contributed by atoms with Gasteiger partial charge >= 0.3 is 0 Å². The molecule has 0 radical (unpaired) electrons. The molecule has 0 spiro atoms. The van der Waals surface area contributed by atoms with Gasteiger partial charge in [-0.3, -0.25) is 0 Å². The van der Waals surface area contributed by atoms with Gasteiger partial charge in [0.1, 0.15) is 0 Å². The molecule has 32 heavy (non-hydrogen) atoms. The van der Waals surface area contributed by atoms with Crippen molar-refractivity contribution in [1.82, 2.24) is 0 Å². The lowest BCUT2D eigenvalue weighted by Gasteiger charge is -2.61. The molecule has 2 N–H and O–H groups in total. The molecule has 4 aliphatic rings. The van der Waals surface area contributed by atoms with E-state index in [0.717, 1.165) is 37.2 Å². The lowest BCUT2D eigenvalue weighted by Crippen LogP contribution is -2.54. The third-order valence-electron chi connectivity index (χ3n) is 11.3. The quantitative estimate of drug-likeness (QED) is 0.443. The maximum atomic E-state index is 10.8. The molecule has 4 rings (SSSR count). The number of hydrogen-bond acceptors (Lipinski definition) is 2. The Morgan fingerprint density at radius 3 is 2.50 bits per heavy atom. The minimum Gasteiger partial charge on any atom is -0.393 e. The highest BCUT2D eigenvalue weighted by Gasteiger charge is 2.62. The van der Waals surface area contributed by atoms with Crippen LogP contribution in [0, 0.1) is 39.4 Å². The van der Waals surface area contributed by atoms with Gasteiger partial charge in [-0.2, -0.15) is 0 Å². The predicted molar refractivity (Wildman–Crippen MR) is 134 cm³/mol. The van der Waals surface area contributed by atoms with Gasteiger partial charge in [-0.05, 0) is 109 Å². The van der Waals surface area contributed by atoms with Crippen LogP contribution in [0.1, 0.15) is 99.8 Å². The molecule has 0 aliphatic heterocycles. The average molecular weight is 441 g/mol. The topological polar surface area (TPSA) is 40.5 Å². The van der Waals surface area contributed by atoms with Gasteiger partial charge in [-0.15, -0.1) is 0 Å². The summed E-state index contributed by atoms with van der Waals surface area (Å²) >= 11 is 0. The molecular formula is C30H48O2. The number of aliphatic hydroxyl groups excluding tert-OH is 2. The van der Waals surface area contributed by atoms with Crippen LogP contribution < -0.4 is 0 Å². The first-order chi connectivity index (χ1) is 14.9. The van der Waals surface area contributed by atoms with Gasteiger partial charge in [0.25, 0.3) is 0 Å². The van der Waals surface area contributed by atoms with Gasteiger partial charge in [-0.1, -0.05) is 65.3 Å². The van der Waals surface area contributed by atoms with Crippen molar-refractivity contribution in [2.75, 3.05) is 6.61 Å². The molecule has 0 unspecified atom stereocenters. The molecule has 4 aliphatic carbocycles. The number of rotatable bonds is 5. The maximum absolute atomic E-state index is 10.8. The van der Waals surface area contributed by atoms with E-state index < -0.39 is 0 Å². The molecule has 0 saturated heterocycles. The van der Waals surface area contributed by atoms with E-state index in [4.69, 9.17) is 0 Å². The zero-order chi connectivity index (χ0) is 23.5. The highest BCUT2D eigenvalue weighted by molar-refractivity contribution is 5.49. The Labute approximate surface area is 197 Å². The monoisotopic (exact) mass is 440 g/mol. The number of aliphatic hydroxyl groups is 2. The number of hydrogen-bond donors (Lipinski definition) is 2. The van der Waals surface area contributed by atoms with Crippen LogP contribution in [0.3, 0.4) is 0 Å². The summed E-state index contributed by atoms with van der Waals surface area (Å²) in [5.41, 5.74) is 5.18. The largest absolute Gasteiger partial charge is 0.393 e. The SMILES string of the molecule is C/C(=C\CC[C@@H](C)[C@H]1CC[C@@]2(C)C3=CC[C@H]4C(C)(C)[C@H](O)CC[C@]4(C)C3=CC[C@]12C)CO. The van der Waals surface area contributed by atoms with Gasteiger partial charge in [-0.25, -0.2) is 0 Å². The van der Waals surface area contributed by atoms with Crippen molar-refractivity contribution in [2.24, 2.45) is 39.4 Å². The predicted octanol–water partition coefficient (Wildman–Crippen LogP) is 7.23. The van der Waals surface area contributed by atoms with E-state index in [0.29, 0.717) is 17.3 Å². The second kappa shape index (κ2) is 8.12. The fourth-order valence-corrected chi connectivity index (χ4v) is 8.80. The first-order valence-electron chi connectivity index (χ1n) is 13.3. The minimum absolute atomic E-state index is 0.0233. The van der Waals surface area contributed by atoms with Crippen LogP contribution in [0.25, 0.3) is 0 Å². The van der Waals surface area contributed by atoms with Crippen molar-refractivity contribution in [1.29, 1.82) is 0 Å². The van der Waals surface area contributed by atoms with Crippen LogP contribution in [-0.2, 0) is 0 Å². The molecule has 0 heterocycles. The Balaban J connectivity index is 1.63. The van der Waals surface area contributed by atoms with Gasteiger partial charge in [0.05, 0.1) is 12.7 Å². The second-order valence-electron chi connectivity index (χ2n) is 13.2. The summed E-state index contributed by atoms with van der Waals surface area (Å²) in [5, 5.41) is 20.1. The van der Waals surface area contributed by atoms with Crippen LogP contribution >= 0.6 is 0 Å². The van der Waals surface area contributed by atoms with E-state index in [1.807, 2.05) is 6.92 Å². The molecule has 7 atom stereocenters. The standard InChI is InChI=1S/C30H48O2/c1-20(19-31)9-8-10-21(2)22-13-17-30(7)24-11-12-25-27(3,4)26(32)15-16-28(25,5)23(24)14-18-29(22,30)6/h9,11,14,21-22,25-26,31-32H,8,10,12-13,15-19H2,1-7H3/b20-9+/t21-,22-,25+,26-,28-,29-,30+/m1/s1. The van der Waals surface area contributed by atoms with E-state index in [1.165, 1.54) is 25.7 Å². The molecular weight excluding hydrogens is 392 g/mol. The normalized spacial score (nSPS) is 44.2. The Kier molecular flexibility index (Phi) is 6.16. The van der Waals surface area contributed by atoms with E-state index in [-0.39, 0.29) is 29.0 Å². The molecule has 0 bridgehead atoms. The highest BCUT2D eigenvalue weighted by Crippen LogP contribution is 2.71. The molecule has 0 aromatic carbocycles. The van der Waals surface area contributed by atoms with E-state index in [9.17, 15) is 10.2 Å². The van der Waals surface area contributed by atoms with Crippen LogP contribution in [0.2, 0.25) is 0 Å². The molecule has 0 aromatic heterocycles. The fourth-order valence-electron chi connectivity index (χ4n) is 8.80. The van der Waals surface area contributed by atoms with Crippen LogP contribution in [0.4, 0.5) is 0 Å². The maximum Gasteiger partial charge on any atom is 0.0639 e. The molecule has 2 nitrogen and oxygen atoms in total.